The van der Waals surface area contributed by atoms with Crippen LogP contribution < -0.4 is 20.7 Å². The van der Waals surface area contributed by atoms with Crippen LogP contribution in [0, 0.1) is 5.92 Å². The molecule has 1 aliphatic carbocycles. The van der Waals surface area contributed by atoms with Gasteiger partial charge in [-0.25, -0.2) is 4.79 Å². The summed E-state index contributed by atoms with van der Waals surface area (Å²) in [5.41, 5.74) is 0.268. The average Bonchev–Trinajstić information content (AvgIpc) is 3.03. The molecule has 30 heavy (non-hydrogen) atoms. The Balaban J connectivity index is 1.62. The van der Waals surface area contributed by atoms with Crippen LogP contribution in [0.3, 0.4) is 0 Å². The van der Waals surface area contributed by atoms with Crippen molar-refractivity contribution in [2.75, 3.05) is 26.7 Å². The van der Waals surface area contributed by atoms with Crippen molar-refractivity contribution in [2.24, 2.45) is 5.92 Å². The van der Waals surface area contributed by atoms with Gasteiger partial charge in [-0.1, -0.05) is 26.0 Å². The summed E-state index contributed by atoms with van der Waals surface area (Å²) in [6, 6.07) is 7.56. The van der Waals surface area contributed by atoms with Crippen molar-refractivity contribution >= 4 is 17.8 Å². The van der Waals surface area contributed by atoms with Crippen molar-refractivity contribution in [1.29, 1.82) is 0 Å². The normalized spacial score (nSPS) is 24.5. The van der Waals surface area contributed by atoms with Crippen molar-refractivity contribution in [1.82, 2.24) is 20.9 Å². The Morgan fingerprint density at radius 1 is 1.27 bits per heavy atom. The summed E-state index contributed by atoms with van der Waals surface area (Å²) in [5, 5.41) is 8.18. The largest absolute Gasteiger partial charge is 0.497 e. The Hall–Kier alpha value is -2.61. The summed E-state index contributed by atoms with van der Waals surface area (Å²) in [5.74, 6) is 0.384. The Labute approximate surface area is 177 Å². The van der Waals surface area contributed by atoms with Crippen LogP contribution in [0.15, 0.2) is 24.3 Å². The summed E-state index contributed by atoms with van der Waals surface area (Å²) in [7, 11) is 1.65. The molecule has 4 amide bonds. The van der Waals surface area contributed by atoms with Gasteiger partial charge in [0.25, 0.3) is 5.91 Å². The van der Waals surface area contributed by atoms with Crippen LogP contribution in [0.1, 0.15) is 51.1 Å². The Morgan fingerprint density at radius 3 is 2.53 bits per heavy atom. The second-order valence-corrected chi connectivity index (χ2v) is 8.02. The number of imide groups is 1. The highest BCUT2D eigenvalue weighted by atomic mass is 16.5. The molecule has 0 aromatic heterocycles. The van der Waals surface area contributed by atoms with E-state index in [-0.39, 0.29) is 23.8 Å². The van der Waals surface area contributed by atoms with Gasteiger partial charge in [-0.15, -0.1) is 0 Å². The molecule has 1 saturated heterocycles. The van der Waals surface area contributed by atoms with Gasteiger partial charge in [0.1, 0.15) is 11.3 Å². The molecule has 0 bridgehead atoms. The molecule has 1 aliphatic heterocycles. The Bertz CT molecular complexity index is 785. The molecular formula is C22H32N4O4. The average molecular weight is 417 g/mol. The van der Waals surface area contributed by atoms with Gasteiger partial charge < -0.3 is 15.4 Å². The van der Waals surface area contributed by atoms with Crippen molar-refractivity contribution in [3.05, 3.63) is 29.8 Å². The summed E-state index contributed by atoms with van der Waals surface area (Å²) in [4.78, 5) is 38.7. The SMILES string of the molecule is CCN(CC)C(CNC(=O)C1CCC2(CC1)NC(=O)NC2=O)c1cccc(OC)c1. The second-order valence-electron chi connectivity index (χ2n) is 8.02. The number of likely N-dealkylation sites (N-methyl/N-ethyl adjacent to an activating group) is 1. The van der Waals surface area contributed by atoms with E-state index in [0.717, 1.165) is 24.4 Å². The maximum Gasteiger partial charge on any atom is 0.322 e. The van der Waals surface area contributed by atoms with E-state index in [0.29, 0.717) is 32.2 Å². The highest BCUT2D eigenvalue weighted by Gasteiger charge is 2.48. The maximum atomic E-state index is 12.9. The van der Waals surface area contributed by atoms with E-state index in [9.17, 15) is 14.4 Å². The smallest absolute Gasteiger partial charge is 0.322 e. The van der Waals surface area contributed by atoms with E-state index in [1.807, 2.05) is 18.2 Å². The minimum atomic E-state index is -0.835. The number of nitrogens with one attached hydrogen (secondary N) is 3. The van der Waals surface area contributed by atoms with E-state index >= 15 is 0 Å². The van der Waals surface area contributed by atoms with Crippen LogP contribution in [-0.4, -0.2) is 55.0 Å². The summed E-state index contributed by atoms with van der Waals surface area (Å²) in [6.07, 6.45) is 2.12. The molecule has 1 spiro atoms. The minimum absolute atomic E-state index is 0.00892. The molecule has 0 radical (unpaired) electrons. The molecule has 3 rings (SSSR count). The molecule has 1 unspecified atom stereocenters. The Morgan fingerprint density at radius 2 is 1.97 bits per heavy atom. The first kappa shape index (κ1) is 22.1. The third-order valence-corrected chi connectivity index (χ3v) is 6.43. The number of hydrogen-bond donors (Lipinski definition) is 3. The molecule has 1 aromatic carbocycles. The van der Waals surface area contributed by atoms with Gasteiger partial charge in [-0.3, -0.25) is 19.8 Å². The first-order valence-electron chi connectivity index (χ1n) is 10.7. The van der Waals surface area contributed by atoms with E-state index in [2.05, 4.69) is 40.8 Å². The van der Waals surface area contributed by atoms with Gasteiger partial charge in [-0.2, -0.15) is 0 Å². The predicted octanol–water partition coefficient (Wildman–Crippen LogP) is 1.96. The molecule has 1 heterocycles. The first-order chi connectivity index (χ1) is 14.4. The lowest BCUT2D eigenvalue weighted by atomic mass is 9.76. The number of carbonyl (C=O) groups is 3. The van der Waals surface area contributed by atoms with Gasteiger partial charge in [0.05, 0.1) is 13.2 Å². The van der Waals surface area contributed by atoms with Gasteiger partial charge in [0.15, 0.2) is 0 Å². The van der Waals surface area contributed by atoms with Gasteiger partial charge in [-0.05, 0) is 56.5 Å². The standard InChI is InChI=1S/C22H32N4O4/c1-4-26(5-2)18(16-7-6-8-17(13-16)30-3)14-23-19(27)15-9-11-22(12-10-15)20(28)24-21(29)25-22/h6-8,13,15,18H,4-5,9-12,14H2,1-3H3,(H,23,27)(H2,24,25,28,29). The number of urea groups is 1. The topological polar surface area (TPSA) is 99.8 Å². The zero-order valence-electron chi connectivity index (χ0n) is 18.0. The second kappa shape index (κ2) is 9.47. The van der Waals surface area contributed by atoms with Gasteiger partial charge >= 0.3 is 6.03 Å². The van der Waals surface area contributed by atoms with Crippen LogP contribution in [-0.2, 0) is 9.59 Å². The molecular weight excluding hydrogens is 384 g/mol. The van der Waals surface area contributed by atoms with Crippen molar-refractivity contribution in [2.45, 2.75) is 51.1 Å². The maximum absolute atomic E-state index is 12.9. The van der Waals surface area contributed by atoms with Crippen LogP contribution in [0.25, 0.3) is 0 Å². The molecule has 8 heteroatoms. The highest BCUT2D eigenvalue weighted by molar-refractivity contribution is 6.07. The number of benzene rings is 1. The molecule has 8 nitrogen and oxygen atoms in total. The van der Waals surface area contributed by atoms with E-state index in [1.54, 1.807) is 7.11 Å². The monoisotopic (exact) mass is 416 g/mol. The molecule has 1 aromatic rings. The summed E-state index contributed by atoms with van der Waals surface area (Å²) in [6.45, 7) is 6.47. The number of amides is 4. The number of ether oxygens (including phenoxy) is 1. The van der Waals surface area contributed by atoms with Crippen LogP contribution in [0.2, 0.25) is 0 Å². The predicted molar refractivity (Wildman–Crippen MR) is 113 cm³/mol. The quantitative estimate of drug-likeness (QED) is 0.563. The van der Waals surface area contributed by atoms with Crippen molar-refractivity contribution in [3.63, 3.8) is 0 Å². The van der Waals surface area contributed by atoms with Crippen molar-refractivity contribution < 1.29 is 19.1 Å². The lowest BCUT2D eigenvalue weighted by molar-refractivity contribution is -0.130. The lowest BCUT2D eigenvalue weighted by Crippen LogP contribution is -2.51. The highest BCUT2D eigenvalue weighted by Crippen LogP contribution is 2.34. The zero-order valence-corrected chi connectivity index (χ0v) is 18.0. The number of carbonyl (C=O) groups excluding carboxylic acids is 3. The third-order valence-electron chi connectivity index (χ3n) is 6.43. The van der Waals surface area contributed by atoms with Gasteiger partial charge in [0, 0.05) is 12.5 Å². The van der Waals surface area contributed by atoms with E-state index < -0.39 is 11.6 Å². The molecule has 1 atom stereocenters. The van der Waals surface area contributed by atoms with E-state index in [4.69, 9.17) is 4.74 Å². The Kier molecular flexibility index (Phi) is 6.97. The first-order valence-corrected chi connectivity index (χ1v) is 10.7. The van der Waals surface area contributed by atoms with Crippen molar-refractivity contribution in [3.8, 4) is 5.75 Å². The summed E-state index contributed by atoms with van der Waals surface area (Å²) >= 11 is 0. The van der Waals surface area contributed by atoms with E-state index in [1.165, 1.54) is 0 Å². The molecule has 1 saturated carbocycles. The molecule has 164 valence electrons. The zero-order chi connectivity index (χ0) is 21.7. The van der Waals surface area contributed by atoms with Crippen LogP contribution in [0.4, 0.5) is 4.79 Å². The third kappa shape index (κ3) is 4.59. The number of methoxy groups -OCH3 is 1. The molecule has 3 N–H and O–H groups in total. The van der Waals surface area contributed by atoms with Crippen LogP contribution in [0.5, 0.6) is 5.75 Å². The lowest BCUT2D eigenvalue weighted by Gasteiger charge is -2.35. The fraction of sp³-hybridized carbons (Fsp3) is 0.591. The minimum Gasteiger partial charge on any atom is -0.497 e. The molecule has 2 aliphatic rings. The summed E-state index contributed by atoms with van der Waals surface area (Å²) < 4.78 is 5.37. The number of hydrogen-bond acceptors (Lipinski definition) is 5. The number of rotatable bonds is 8. The fourth-order valence-electron chi connectivity index (χ4n) is 4.57. The fourth-order valence-corrected chi connectivity index (χ4v) is 4.57. The van der Waals surface area contributed by atoms with Gasteiger partial charge in [0.2, 0.25) is 5.91 Å². The molecule has 2 fully saturated rings. The van der Waals surface area contributed by atoms with Crippen LogP contribution >= 0.6 is 0 Å². The number of nitrogens with zero attached hydrogens (tertiary/aromatic N) is 1.